The molecule has 2 aromatic rings. The normalized spacial score (nSPS) is 19.7. The van der Waals surface area contributed by atoms with Crippen LogP contribution in [0.25, 0.3) is 10.8 Å². The van der Waals surface area contributed by atoms with E-state index < -0.39 is 0 Å². The Morgan fingerprint density at radius 3 is 2.22 bits per heavy atom. The first-order valence-corrected chi connectivity index (χ1v) is 8.92. The Morgan fingerprint density at radius 1 is 1.00 bits per heavy atom. The van der Waals surface area contributed by atoms with E-state index >= 15 is 0 Å². The van der Waals surface area contributed by atoms with Gasteiger partial charge in [0.1, 0.15) is 0 Å². The van der Waals surface area contributed by atoms with Crippen LogP contribution in [0.5, 0.6) is 0 Å². The number of benzene rings is 2. The van der Waals surface area contributed by atoms with Crippen LogP contribution in [0.3, 0.4) is 0 Å². The van der Waals surface area contributed by atoms with Crippen LogP contribution in [0.4, 0.5) is 5.69 Å². The fourth-order valence-electron chi connectivity index (χ4n) is 4.49. The maximum atomic E-state index is 2.66. The summed E-state index contributed by atoms with van der Waals surface area (Å²) in [7, 11) is 0. The van der Waals surface area contributed by atoms with Gasteiger partial charge in [0.05, 0.1) is 0 Å². The molecule has 1 heterocycles. The van der Waals surface area contributed by atoms with Crippen LogP contribution in [-0.4, -0.2) is 12.1 Å². The lowest BCUT2D eigenvalue weighted by molar-refractivity contribution is 0.371. The topological polar surface area (TPSA) is 3.24 Å². The molecule has 0 aromatic heterocycles. The molecule has 1 saturated heterocycles. The molecular weight excluding hydrogens is 278 g/mol. The zero-order valence-electron chi connectivity index (χ0n) is 15.8. The van der Waals surface area contributed by atoms with Crippen molar-refractivity contribution in [2.75, 3.05) is 11.4 Å². The summed E-state index contributed by atoms with van der Waals surface area (Å²) >= 11 is 0. The molecule has 0 aliphatic carbocycles. The molecule has 0 spiro atoms. The quantitative estimate of drug-likeness (QED) is 0.630. The number of hydrogen-bond acceptors (Lipinski definition) is 1. The second kappa shape index (κ2) is 5.26. The van der Waals surface area contributed by atoms with E-state index in [1.54, 1.807) is 0 Å². The lowest BCUT2D eigenvalue weighted by Gasteiger charge is -2.36. The van der Waals surface area contributed by atoms with E-state index in [1.807, 2.05) is 0 Å². The molecule has 23 heavy (non-hydrogen) atoms. The van der Waals surface area contributed by atoms with Gasteiger partial charge in [-0.15, -0.1) is 0 Å². The summed E-state index contributed by atoms with van der Waals surface area (Å²) in [6.07, 6.45) is 1.24. The van der Waals surface area contributed by atoms with Crippen molar-refractivity contribution in [1.82, 2.24) is 0 Å². The molecule has 3 rings (SSSR count). The Labute approximate surface area is 141 Å². The molecule has 1 heteroatoms. The Kier molecular flexibility index (Phi) is 3.74. The SMILES string of the molecule is Cc1ccc2ccc(C(C)C)cc2c1N1CC(C)(C)CC1(C)C. The van der Waals surface area contributed by atoms with Crippen molar-refractivity contribution in [3.05, 3.63) is 41.5 Å². The van der Waals surface area contributed by atoms with Crippen LogP contribution in [0, 0.1) is 12.3 Å². The Balaban J connectivity index is 2.24. The zero-order chi connectivity index (χ0) is 17.0. The molecule has 1 fully saturated rings. The predicted octanol–water partition coefficient (Wildman–Crippen LogP) is 6.29. The summed E-state index contributed by atoms with van der Waals surface area (Å²) in [6, 6.07) is 11.6. The summed E-state index contributed by atoms with van der Waals surface area (Å²) in [5.41, 5.74) is 4.84. The number of rotatable bonds is 2. The number of fused-ring (bicyclic) bond motifs is 1. The summed E-state index contributed by atoms with van der Waals surface area (Å²) in [5.74, 6) is 0.566. The number of anilines is 1. The average molecular weight is 309 g/mol. The van der Waals surface area contributed by atoms with Gasteiger partial charge in [0, 0.05) is 23.2 Å². The Morgan fingerprint density at radius 2 is 1.65 bits per heavy atom. The fourth-order valence-corrected chi connectivity index (χ4v) is 4.49. The Bertz CT molecular complexity index is 737. The van der Waals surface area contributed by atoms with Crippen molar-refractivity contribution >= 4 is 16.5 Å². The summed E-state index contributed by atoms with van der Waals surface area (Å²) < 4.78 is 0. The van der Waals surface area contributed by atoms with Gasteiger partial charge in [-0.1, -0.05) is 52.0 Å². The Hall–Kier alpha value is -1.50. The minimum absolute atomic E-state index is 0.205. The first kappa shape index (κ1) is 16.4. The van der Waals surface area contributed by atoms with Crippen LogP contribution in [0.15, 0.2) is 30.3 Å². The van der Waals surface area contributed by atoms with Gasteiger partial charge >= 0.3 is 0 Å². The molecule has 0 N–H and O–H groups in total. The van der Waals surface area contributed by atoms with E-state index in [1.165, 1.54) is 34.0 Å². The van der Waals surface area contributed by atoms with Gasteiger partial charge in [-0.05, 0) is 61.1 Å². The van der Waals surface area contributed by atoms with Crippen LogP contribution in [0.1, 0.15) is 65.0 Å². The predicted molar refractivity (Wildman–Crippen MR) is 103 cm³/mol. The van der Waals surface area contributed by atoms with Crippen molar-refractivity contribution < 1.29 is 0 Å². The molecule has 0 saturated carbocycles. The summed E-state index contributed by atoms with van der Waals surface area (Å²) in [4.78, 5) is 2.66. The highest BCUT2D eigenvalue weighted by molar-refractivity contribution is 5.97. The van der Waals surface area contributed by atoms with Crippen LogP contribution < -0.4 is 4.90 Å². The third kappa shape index (κ3) is 2.86. The van der Waals surface area contributed by atoms with E-state index in [-0.39, 0.29) is 5.54 Å². The standard InChI is InChI=1S/C22H31N/c1-15(2)18-11-10-17-9-8-16(3)20(19(17)12-18)23-14-21(4,5)13-22(23,6)7/h8-12,15H,13-14H2,1-7H3. The molecule has 0 bridgehead atoms. The monoisotopic (exact) mass is 309 g/mol. The summed E-state index contributed by atoms with van der Waals surface area (Å²) in [6.45, 7) is 17.5. The van der Waals surface area contributed by atoms with Gasteiger partial charge in [0.25, 0.3) is 0 Å². The van der Waals surface area contributed by atoms with E-state index in [2.05, 4.69) is 83.7 Å². The van der Waals surface area contributed by atoms with Crippen LogP contribution in [0.2, 0.25) is 0 Å². The smallest absolute Gasteiger partial charge is 0.0480 e. The first-order chi connectivity index (χ1) is 10.6. The molecule has 0 radical (unpaired) electrons. The van der Waals surface area contributed by atoms with E-state index in [4.69, 9.17) is 0 Å². The third-order valence-electron chi connectivity index (χ3n) is 5.38. The highest BCUT2D eigenvalue weighted by Crippen LogP contribution is 2.46. The van der Waals surface area contributed by atoms with E-state index in [0.717, 1.165) is 6.54 Å². The van der Waals surface area contributed by atoms with E-state index in [0.29, 0.717) is 11.3 Å². The molecular formula is C22H31N. The second-order valence-electron chi connectivity index (χ2n) is 9.11. The van der Waals surface area contributed by atoms with Gasteiger partial charge in [0.2, 0.25) is 0 Å². The molecule has 1 nitrogen and oxygen atoms in total. The van der Waals surface area contributed by atoms with Gasteiger partial charge in [-0.25, -0.2) is 0 Å². The third-order valence-corrected chi connectivity index (χ3v) is 5.38. The molecule has 0 amide bonds. The van der Waals surface area contributed by atoms with Crippen molar-refractivity contribution in [1.29, 1.82) is 0 Å². The average Bonchev–Trinajstić information content (AvgIpc) is 2.65. The first-order valence-electron chi connectivity index (χ1n) is 8.92. The zero-order valence-corrected chi connectivity index (χ0v) is 15.8. The minimum atomic E-state index is 0.205. The van der Waals surface area contributed by atoms with Crippen molar-refractivity contribution in [2.24, 2.45) is 5.41 Å². The van der Waals surface area contributed by atoms with Gasteiger partial charge < -0.3 is 4.90 Å². The number of hydrogen-bond donors (Lipinski definition) is 0. The largest absolute Gasteiger partial charge is 0.365 e. The van der Waals surface area contributed by atoms with Crippen LogP contribution in [-0.2, 0) is 0 Å². The molecule has 0 unspecified atom stereocenters. The van der Waals surface area contributed by atoms with Gasteiger partial charge in [-0.2, -0.15) is 0 Å². The highest BCUT2D eigenvalue weighted by atomic mass is 15.2. The lowest BCUT2D eigenvalue weighted by atomic mass is 9.86. The van der Waals surface area contributed by atoms with Crippen LogP contribution >= 0.6 is 0 Å². The second-order valence-corrected chi connectivity index (χ2v) is 9.11. The lowest BCUT2D eigenvalue weighted by Crippen LogP contribution is -2.38. The molecule has 1 aliphatic heterocycles. The molecule has 0 atom stereocenters. The molecule has 1 aliphatic rings. The van der Waals surface area contributed by atoms with Gasteiger partial charge in [-0.3, -0.25) is 0 Å². The highest BCUT2D eigenvalue weighted by Gasteiger charge is 2.43. The van der Waals surface area contributed by atoms with E-state index in [9.17, 15) is 0 Å². The fraction of sp³-hybridized carbons (Fsp3) is 0.545. The summed E-state index contributed by atoms with van der Waals surface area (Å²) in [5, 5.41) is 2.78. The molecule has 124 valence electrons. The van der Waals surface area contributed by atoms with Crippen molar-refractivity contribution in [2.45, 2.75) is 66.3 Å². The number of nitrogens with zero attached hydrogens (tertiary/aromatic N) is 1. The van der Waals surface area contributed by atoms with Crippen molar-refractivity contribution in [3.8, 4) is 0 Å². The number of aryl methyl sites for hydroxylation is 1. The maximum absolute atomic E-state index is 2.66. The molecule has 2 aromatic carbocycles. The van der Waals surface area contributed by atoms with Crippen molar-refractivity contribution in [3.63, 3.8) is 0 Å². The maximum Gasteiger partial charge on any atom is 0.0480 e. The minimum Gasteiger partial charge on any atom is -0.365 e. The van der Waals surface area contributed by atoms with Gasteiger partial charge in [0.15, 0.2) is 0 Å².